The summed E-state index contributed by atoms with van der Waals surface area (Å²) in [4.78, 5) is 54.5. The number of carbonyl (C=O) groups excluding carboxylic acids is 4. The average Bonchev–Trinajstić information content (AvgIpc) is 2.80. The van der Waals surface area contributed by atoms with E-state index in [1.165, 1.54) is 4.90 Å². The Labute approximate surface area is 212 Å². The number of primary amides is 1. The molecule has 0 radical (unpaired) electrons. The molecule has 5 rings (SSSR count). The topological polar surface area (TPSA) is 183 Å². The number of ketones is 2. The predicted molar refractivity (Wildman–Crippen MR) is 131 cm³/mol. The van der Waals surface area contributed by atoms with Gasteiger partial charge in [0, 0.05) is 31.3 Å². The number of carbonyl (C=O) groups is 4. The smallest absolute Gasteiger partial charge is 0.262 e. The standard InChI is InChI=1S/C25H28N4O8/c1-28(2)13-7-12-21(37-8-14(30)27-12)16-10(13)5-9-6-11-18(29(3)4)20(32)17(24(26)35)23(34)25(11,36)22(33)15(9)19(16)31/h7,9,11,18,31,34,36H,5-6,8H2,1-4H3,(H2,26,35)(H,27,30)/t9?,11-,18?,25-/m0/s1. The quantitative estimate of drug-likeness (QED) is 0.336. The summed E-state index contributed by atoms with van der Waals surface area (Å²) in [5.74, 6) is -6.53. The summed E-state index contributed by atoms with van der Waals surface area (Å²) >= 11 is 0. The minimum Gasteiger partial charge on any atom is -0.508 e. The third-order valence-electron chi connectivity index (χ3n) is 7.78. The fourth-order valence-electron chi connectivity index (χ4n) is 6.24. The first-order chi connectivity index (χ1) is 17.3. The Morgan fingerprint density at radius 1 is 1.19 bits per heavy atom. The second-order valence-electron chi connectivity index (χ2n) is 10.3. The van der Waals surface area contributed by atoms with E-state index in [1.807, 2.05) is 0 Å². The third-order valence-corrected chi connectivity index (χ3v) is 7.78. The summed E-state index contributed by atoms with van der Waals surface area (Å²) in [5, 5.41) is 36.9. The number of hydrogen-bond donors (Lipinski definition) is 5. The summed E-state index contributed by atoms with van der Waals surface area (Å²) in [7, 11) is 6.72. The van der Waals surface area contributed by atoms with E-state index >= 15 is 0 Å². The molecule has 4 aliphatic rings. The van der Waals surface area contributed by atoms with Gasteiger partial charge in [0.1, 0.15) is 17.1 Å². The molecule has 4 atom stereocenters. The molecular formula is C25H28N4O8. The summed E-state index contributed by atoms with van der Waals surface area (Å²) in [6, 6.07) is 0.609. The molecule has 1 fully saturated rings. The molecule has 1 aromatic rings. The zero-order valence-corrected chi connectivity index (χ0v) is 20.8. The second-order valence-corrected chi connectivity index (χ2v) is 10.3. The molecule has 0 bridgehead atoms. The number of nitrogens with one attached hydrogen (secondary N) is 1. The van der Waals surface area contributed by atoms with Gasteiger partial charge < -0.3 is 36.0 Å². The number of fused-ring (bicyclic) bond motifs is 5. The molecule has 0 spiro atoms. The molecule has 1 saturated carbocycles. The van der Waals surface area contributed by atoms with Crippen molar-refractivity contribution in [3.05, 3.63) is 34.1 Å². The van der Waals surface area contributed by atoms with Crippen LogP contribution in [0.4, 0.5) is 11.4 Å². The van der Waals surface area contributed by atoms with Crippen LogP contribution in [0.2, 0.25) is 0 Å². The number of likely N-dealkylation sites (N-methyl/N-ethyl adjacent to an activating group) is 1. The number of anilines is 2. The molecule has 3 aliphatic carbocycles. The van der Waals surface area contributed by atoms with Gasteiger partial charge in [0.2, 0.25) is 5.78 Å². The van der Waals surface area contributed by atoms with Gasteiger partial charge in [-0.15, -0.1) is 0 Å². The molecule has 1 aromatic carbocycles. The number of benzene rings is 1. The van der Waals surface area contributed by atoms with Crippen molar-refractivity contribution in [3.63, 3.8) is 0 Å². The molecule has 196 valence electrons. The van der Waals surface area contributed by atoms with Crippen molar-refractivity contribution in [1.29, 1.82) is 0 Å². The number of nitrogens with zero attached hydrogens (tertiary/aromatic N) is 2. The Bertz CT molecular complexity index is 1360. The van der Waals surface area contributed by atoms with Crippen LogP contribution in [0.25, 0.3) is 5.76 Å². The van der Waals surface area contributed by atoms with E-state index in [9.17, 15) is 34.5 Å². The van der Waals surface area contributed by atoms with Gasteiger partial charge in [0.15, 0.2) is 23.7 Å². The van der Waals surface area contributed by atoms with E-state index in [0.717, 1.165) is 0 Å². The molecule has 1 aliphatic heterocycles. The van der Waals surface area contributed by atoms with Crippen molar-refractivity contribution in [3.8, 4) is 5.75 Å². The van der Waals surface area contributed by atoms with E-state index in [1.54, 1.807) is 39.2 Å². The van der Waals surface area contributed by atoms with Gasteiger partial charge in [0.25, 0.3) is 11.8 Å². The van der Waals surface area contributed by atoms with Crippen molar-refractivity contribution in [2.45, 2.75) is 24.5 Å². The fourth-order valence-corrected chi connectivity index (χ4v) is 6.24. The Balaban J connectivity index is 1.77. The van der Waals surface area contributed by atoms with Crippen molar-refractivity contribution < 1.29 is 39.2 Å². The highest BCUT2D eigenvalue weighted by Crippen LogP contribution is 2.55. The number of Topliss-reactive ketones (excluding diaryl/α,β-unsaturated/α-hetero) is 2. The lowest BCUT2D eigenvalue weighted by molar-refractivity contribution is -0.153. The van der Waals surface area contributed by atoms with Gasteiger partial charge in [-0.1, -0.05) is 0 Å². The number of ether oxygens (including phenoxy) is 1. The van der Waals surface area contributed by atoms with Crippen molar-refractivity contribution in [1.82, 2.24) is 4.90 Å². The lowest BCUT2D eigenvalue weighted by Crippen LogP contribution is -2.65. The third kappa shape index (κ3) is 3.22. The first-order valence-corrected chi connectivity index (χ1v) is 11.7. The minimum absolute atomic E-state index is 0.0489. The maximum atomic E-state index is 14.0. The van der Waals surface area contributed by atoms with Crippen LogP contribution in [-0.2, 0) is 25.6 Å². The number of nitrogens with two attached hydrogens (primary N) is 1. The molecule has 1 heterocycles. The SMILES string of the molecule is CN(C)c1cc2c(c3c1CC1C[C@H]4C(N(C)C)C(=O)C(C(N)=O)=C(O)[C@@]4(O)C(=O)C1=C3O)OCC(=O)N2. The van der Waals surface area contributed by atoms with E-state index < -0.39 is 58.0 Å². The highest BCUT2D eigenvalue weighted by molar-refractivity contribution is 6.24. The van der Waals surface area contributed by atoms with Gasteiger partial charge in [-0.25, -0.2) is 0 Å². The van der Waals surface area contributed by atoms with Crippen molar-refractivity contribution >= 4 is 40.5 Å². The summed E-state index contributed by atoms with van der Waals surface area (Å²) in [6.45, 7) is -0.287. The van der Waals surface area contributed by atoms with E-state index in [0.29, 0.717) is 16.9 Å². The van der Waals surface area contributed by atoms with Crippen LogP contribution in [0.5, 0.6) is 5.75 Å². The normalized spacial score (nSPS) is 28.7. The molecule has 12 nitrogen and oxygen atoms in total. The fraction of sp³-hybridized carbons (Fsp3) is 0.440. The van der Waals surface area contributed by atoms with Crippen molar-refractivity contribution in [2.75, 3.05) is 45.0 Å². The van der Waals surface area contributed by atoms with E-state index in [-0.39, 0.29) is 42.2 Å². The van der Waals surface area contributed by atoms with Crippen LogP contribution in [0, 0.1) is 11.8 Å². The highest BCUT2D eigenvalue weighted by Gasteiger charge is 2.64. The molecule has 2 unspecified atom stereocenters. The van der Waals surface area contributed by atoms with Gasteiger partial charge >= 0.3 is 0 Å². The zero-order chi connectivity index (χ0) is 27.1. The molecule has 37 heavy (non-hydrogen) atoms. The Morgan fingerprint density at radius 2 is 1.86 bits per heavy atom. The zero-order valence-electron chi connectivity index (χ0n) is 20.8. The molecule has 0 saturated heterocycles. The lowest BCUT2D eigenvalue weighted by Gasteiger charge is -2.50. The first-order valence-electron chi connectivity index (χ1n) is 11.7. The number of hydrogen-bond acceptors (Lipinski definition) is 10. The molecule has 6 N–H and O–H groups in total. The molecule has 12 heteroatoms. The molecule has 0 aromatic heterocycles. The Hall–Kier alpha value is -3.90. The molecular weight excluding hydrogens is 484 g/mol. The van der Waals surface area contributed by atoms with Crippen LogP contribution >= 0.6 is 0 Å². The van der Waals surface area contributed by atoms with Crippen molar-refractivity contribution in [2.24, 2.45) is 17.6 Å². The van der Waals surface area contributed by atoms with E-state index in [4.69, 9.17) is 10.5 Å². The Morgan fingerprint density at radius 3 is 2.46 bits per heavy atom. The van der Waals surface area contributed by atoms with E-state index in [2.05, 4.69) is 5.32 Å². The maximum absolute atomic E-state index is 14.0. The van der Waals surface area contributed by atoms with Crippen LogP contribution in [-0.4, -0.2) is 90.0 Å². The second kappa shape index (κ2) is 8.05. The largest absolute Gasteiger partial charge is 0.508 e. The van der Waals surface area contributed by atoms with Gasteiger partial charge in [-0.3, -0.25) is 24.1 Å². The van der Waals surface area contributed by atoms with Gasteiger partial charge in [-0.05, 0) is 44.5 Å². The Kier molecular flexibility index (Phi) is 5.39. The predicted octanol–water partition coefficient (Wildman–Crippen LogP) is -0.345. The monoisotopic (exact) mass is 512 g/mol. The summed E-state index contributed by atoms with van der Waals surface area (Å²) in [5.41, 5.74) is 3.60. The summed E-state index contributed by atoms with van der Waals surface area (Å²) in [6.07, 6.45) is 0.306. The van der Waals surface area contributed by atoms with Gasteiger partial charge in [-0.2, -0.15) is 0 Å². The van der Waals surface area contributed by atoms with Crippen LogP contribution in [0.3, 0.4) is 0 Å². The molecule has 2 amide bonds. The maximum Gasteiger partial charge on any atom is 0.262 e. The number of aliphatic hydroxyl groups excluding tert-OH is 2. The highest BCUT2D eigenvalue weighted by atomic mass is 16.5. The van der Waals surface area contributed by atoms with Gasteiger partial charge in [0.05, 0.1) is 17.3 Å². The number of rotatable bonds is 3. The van der Waals surface area contributed by atoms with Crippen LogP contribution in [0.1, 0.15) is 17.5 Å². The first kappa shape index (κ1) is 24.8. The number of amides is 2. The van der Waals surface area contributed by atoms with Crippen LogP contribution < -0.4 is 20.7 Å². The number of aliphatic hydroxyl groups is 3. The minimum atomic E-state index is -2.65. The van der Waals surface area contributed by atoms with Crippen LogP contribution in [0.15, 0.2) is 23.0 Å². The summed E-state index contributed by atoms with van der Waals surface area (Å²) < 4.78 is 5.65. The lowest BCUT2D eigenvalue weighted by atomic mass is 9.57. The average molecular weight is 513 g/mol.